The summed E-state index contributed by atoms with van der Waals surface area (Å²) in [6.45, 7) is 1.83. The van der Waals surface area contributed by atoms with Crippen LogP contribution >= 0.6 is 11.6 Å². The lowest BCUT2D eigenvalue weighted by Crippen LogP contribution is -2.13. The van der Waals surface area contributed by atoms with Gasteiger partial charge in [0.2, 0.25) is 0 Å². The molecule has 0 aliphatic carbocycles. The van der Waals surface area contributed by atoms with E-state index in [1.54, 1.807) is 30.3 Å². The Labute approximate surface area is 123 Å². The summed E-state index contributed by atoms with van der Waals surface area (Å²) in [6.07, 6.45) is 0. The minimum atomic E-state index is -3.65. The number of anilines is 1. The van der Waals surface area contributed by atoms with Crippen molar-refractivity contribution in [1.29, 1.82) is 0 Å². The molecule has 0 fully saturated rings. The van der Waals surface area contributed by atoms with Crippen LogP contribution in [0.1, 0.15) is 5.56 Å². The highest BCUT2D eigenvalue weighted by molar-refractivity contribution is 7.92. The number of methoxy groups -OCH3 is 1. The molecule has 2 aromatic rings. The summed E-state index contributed by atoms with van der Waals surface area (Å²) in [6, 6.07) is 11.4. The van der Waals surface area contributed by atoms with Crippen molar-refractivity contribution < 1.29 is 13.2 Å². The first-order chi connectivity index (χ1) is 9.42. The van der Waals surface area contributed by atoms with Gasteiger partial charge in [-0.1, -0.05) is 23.7 Å². The number of nitrogens with one attached hydrogen (secondary N) is 1. The van der Waals surface area contributed by atoms with Crippen LogP contribution in [-0.2, 0) is 10.0 Å². The second-order valence-electron chi connectivity index (χ2n) is 4.27. The highest BCUT2D eigenvalue weighted by Crippen LogP contribution is 2.28. The first kappa shape index (κ1) is 14.7. The number of ether oxygens (including phenoxy) is 1. The van der Waals surface area contributed by atoms with Gasteiger partial charge in [0, 0.05) is 6.07 Å². The number of sulfonamides is 1. The van der Waals surface area contributed by atoms with Crippen LogP contribution in [0.4, 0.5) is 5.69 Å². The molecule has 0 aromatic heterocycles. The van der Waals surface area contributed by atoms with E-state index >= 15 is 0 Å². The summed E-state index contributed by atoms with van der Waals surface area (Å²) in [7, 11) is -2.14. The molecule has 0 saturated heterocycles. The summed E-state index contributed by atoms with van der Waals surface area (Å²) in [5, 5.41) is 0.278. The van der Waals surface area contributed by atoms with E-state index in [0.717, 1.165) is 5.56 Å². The van der Waals surface area contributed by atoms with Gasteiger partial charge in [0.1, 0.15) is 5.75 Å². The zero-order chi connectivity index (χ0) is 14.8. The van der Waals surface area contributed by atoms with Crippen molar-refractivity contribution in [2.24, 2.45) is 0 Å². The smallest absolute Gasteiger partial charge is 0.261 e. The molecule has 0 saturated carbocycles. The van der Waals surface area contributed by atoms with Gasteiger partial charge in [-0.25, -0.2) is 8.42 Å². The third-order valence-corrected chi connectivity index (χ3v) is 4.40. The van der Waals surface area contributed by atoms with E-state index in [9.17, 15) is 8.42 Å². The molecular weight excluding hydrogens is 298 g/mol. The molecule has 0 spiro atoms. The van der Waals surface area contributed by atoms with Crippen LogP contribution in [0, 0.1) is 6.92 Å². The van der Waals surface area contributed by atoms with Gasteiger partial charge in [0.15, 0.2) is 0 Å². The molecule has 106 valence electrons. The lowest BCUT2D eigenvalue weighted by Gasteiger charge is -2.11. The lowest BCUT2D eigenvalue weighted by atomic mass is 10.2. The molecule has 2 aromatic carbocycles. The molecule has 0 radical (unpaired) electrons. The standard InChI is InChI=1S/C14H14ClNO3S/c1-10-4-3-5-12(8-10)20(17,18)16-14-7-6-11(19-2)9-13(14)15/h3-9,16H,1-2H3. The summed E-state index contributed by atoms with van der Waals surface area (Å²) < 4.78 is 32.0. The van der Waals surface area contributed by atoms with Crippen LogP contribution in [0.15, 0.2) is 47.4 Å². The van der Waals surface area contributed by atoms with Gasteiger partial charge in [-0.3, -0.25) is 4.72 Å². The zero-order valence-corrected chi connectivity index (χ0v) is 12.6. The van der Waals surface area contributed by atoms with Crippen molar-refractivity contribution in [3.05, 3.63) is 53.1 Å². The Morgan fingerprint density at radius 1 is 1.15 bits per heavy atom. The van der Waals surface area contributed by atoms with Crippen molar-refractivity contribution in [2.45, 2.75) is 11.8 Å². The van der Waals surface area contributed by atoms with Crippen molar-refractivity contribution in [2.75, 3.05) is 11.8 Å². The maximum Gasteiger partial charge on any atom is 0.261 e. The van der Waals surface area contributed by atoms with Gasteiger partial charge < -0.3 is 4.74 Å². The Hall–Kier alpha value is -1.72. The number of aryl methyl sites for hydroxylation is 1. The quantitative estimate of drug-likeness (QED) is 0.940. The van der Waals surface area contributed by atoms with Crippen molar-refractivity contribution in [1.82, 2.24) is 0 Å². The zero-order valence-electron chi connectivity index (χ0n) is 11.1. The molecule has 0 aliphatic rings. The fraction of sp³-hybridized carbons (Fsp3) is 0.143. The number of hydrogen-bond donors (Lipinski definition) is 1. The highest BCUT2D eigenvalue weighted by Gasteiger charge is 2.16. The van der Waals surface area contributed by atoms with Crippen LogP contribution in [0.3, 0.4) is 0 Å². The largest absolute Gasteiger partial charge is 0.497 e. The Bertz CT molecular complexity index is 729. The number of halogens is 1. The molecule has 0 unspecified atom stereocenters. The first-order valence-electron chi connectivity index (χ1n) is 5.85. The topological polar surface area (TPSA) is 55.4 Å². The number of benzene rings is 2. The molecule has 0 aliphatic heterocycles. The number of rotatable bonds is 4. The fourth-order valence-electron chi connectivity index (χ4n) is 1.69. The van der Waals surface area contributed by atoms with Crippen molar-refractivity contribution in [3.63, 3.8) is 0 Å². The van der Waals surface area contributed by atoms with E-state index in [1.807, 2.05) is 13.0 Å². The summed E-state index contributed by atoms with van der Waals surface area (Å²) in [5.41, 5.74) is 1.18. The van der Waals surface area contributed by atoms with E-state index in [1.165, 1.54) is 13.2 Å². The molecular formula is C14H14ClNO3S. The second-order valence-corrected chi connectivity index (χ2v) is 6.36. The molecule has 0 amide bonds. The van der Waals surface area contributed by atoms with Crippen LogP contribution in [0.2, 0.25) is 5.02 Å². The van der Waals surface area contributed by atoms with E-state index in [-0.39, 0.29) is 9.92 Å². The SMILES string of the molecule is COc1ccc(NS(=O)(=O)c2cccc(C)c2)c(Cl)c1. The Morgan fingerprint density at radius 3 is 2.50 bits per heavy atom. The molecule has 20 heavy (non-hydrogen) atoms. The maximum absolute atomic E-state index is 12.3. The molecule has 0 heterocycles. The summed E-state index contributed by atoms with van der Waals surface area (Å²) in [5.74, 6) is 0.563. The Morgan fingerprint density at radius 2 is 1.90 bits per heavy atom. The molecule has 6 heteroatoms. The van der Waals surface area contributed by atoms with E-state index in [0.29, 0.717) is 11.4 Å². The van der Waals surface area contributed by atoms with Crippen molar-refractivity contribution >= 4 is 27.3 Å². The predicted molar refractivity (Wildman–Crippen MR) is 80.0 cm³/mol. The fourth-order valence-corrected chi connectivity index (χ4v) is 3.15. The van der Waals surface area contributed by atoms with E-state index in [4.69, 9.17) is 16.3 Å². The van der Waals surface area contributed by atoms with Crippen molar-refractivity contribution in [3.8, 4) is 5.75 Å². The minimum Gasteiger partial charge on any atom is -0.497 e. The molecule has 1 N–H and O–H groups in total. The molecule has 2 rings (SSSR count). The average molecular weight is 312 g/mol. The normalized spacial score (nSPS) is 11.2. The van der Waals surface area contributed by atoms with E-state index in [2.05, 4.69) is 4.72 Å². The van der Waals surface area contributed by atoms with Gasteiger partial charge in [-0.05, 0) is 36.8 Å². The second kappa shape index (κ2) is 5.73. The van der Waals surface area contributed by atoms with Crippen LogP contribution in [0.25, 0.3) is 0 Å². The summed E-state index contributed by atoms with van der Waals surface area (Å²) >= 11 is 6.03. The molecule has 0 atom stereocenters. The number of hydrogen-bond acceptors (Lipinski definition) is 3. The summed E-state index contributed by atoms with van der Waals surface area (Å²) in [4.78, 5) is 0.199. The van der Waals surface area contributed by atoms with Gasteiger partial charge in [-0.15, -0.1) is 0 Å². The maximum atomic E-state index is 12.3. The monoisotopic (exact) mass is 311 g/mol. The van der Waals surface area contributed by atoms with Gasteiger partial charge >= 0.3 is 0 Å². The van der Waals surface area contributed by atoms with Gasteiger partial charge in [0.05, 0.1) is 22.7 Å². The van der Waals surface area contributed by atoms with Gasteiger partial charge in [-0.2, -0.15) is 0 Å². The lowest BCUT2D eigenvalue weighted by molar-refractivity contribution is 0.415. The van der Waals surface area contributed by atoms with Crippen LogP contribution in [-0.4, -0.2) is 15.5 Å². The third-order valence-electron chi connectivity index (χ3n) is 2.72. The molecule has 4 nitrogen and oxygen atoms in total. The minimum absolute atomic E-state index is 0.199. The Balaban J connectivity index is 2.33. The highest BCUT2D eigenvalue weighted by atomic mass is 35.5. The first-order valence-corrected chi connectivity index (χ1v) is 7.71. The van der Waals surface area contributed by atoms with Gasteiger partial charge in [0.25, 0.3) is 10.0 Å². The van der Waals surface area contributed by atoms with Crippen LogP contribution in [0.5, 0.6) is 5.75 Å². The van der Waals surface area contributed by atoms with Crippen LogP contribution < -0.4 is 9.46 Å². The average Bonchev–Trinajstić information content (AvgIpc) is 2.41. The molecule has 0 bridgehead atoms. The van der Waals surface area contributed by atoms with E-state index < -0.39 is 10.0 Å². The predicted octanol–water partition coefficient (Wildman–Crippen LogP) is 3.46. The third kappa shape index (κ3) is 3.23. The Kier molecular flexibility index (Phi) is 4.20.